The Morgan fingerprint density at radius 2 is 1.53 bits per heavy atom. The zero-order chi connectivity index (χ0) is 21.9. The van der Waals surface area contributed by atoms with Crippen LogP contribution in [0.3, 0.4) is 0 Å². The van der Waals surface area contributed by atoms with E-state index < -0.39 is 0 Å². The summed E-state index contributed by atoms with van der Waals surface area (Å²) in [5.41, 5.74) is 3.07. The molecule has 0 radical (unpaired) electrons. The molecule has 0 aromatic heterocycles. The zero-order valence-corrected chi connectivity index (χ0v) is 17.8. The predicted molar refractivity (Wildman–Crippen MR) is 112 cm³/mol. The Morgan fingerprint density at radius 3 is 2.17 bits per heavy atom. The van der Waals surface area contributed by atoms with Gasteiger partial charge in [-0.3, -0.25) is 4.79 Å². The fourth-order valence-corrected chi connectivity index (χ4v) is 3.23. The van der Waals surface area contributed by atoms with Gasteiger partial charge in [-0.05, 0) is 54.2 Å². The Labute approximate surface area is 177 Å². The third kappa shape index (κ3) is 6.37. The lowest BCUT2D eigenvalue weighted by molar-refractivity contribution is -0.143. The average molecular weight is 418 g/mol. The van der Waals surface area contributed by atoms with E-state index in [2.05, 4.69) is 0 Å². The minimum absolute atomic E-state index is 0.208. The van der Waals surface area contributed by atoms with Crippen LogP contribution in [0.2, 0.25) is 0 Å². The summed E-state index contributed by atoms with van der Waals surface area (Å²) in [6, 6.07) is 9.29. The molecule has 30 heavy (non-hydrogen) atoms. The van der Waals surface area contributed by atoms with Gasteiger partial charge in [-0.15, -0.1) is 0 Å². The summed E-state index contributed by atoms with van der Waals surface area (Å²) in [4.78, 5) is 12.1. The topological polar surface area (TPSA) is 94.5 Å². The minimum Gasteiger partial charge on any atom is -0.496 e. The van der Waals surface area contributed by atoms with Crippen LogP contribution < -0.4 is 14.2 Å². The maximum atomic E-state index is 12.1. The molecule has 0 saturated carbocycles. The highest BCUT2D eigenvalue weighted by Crippen LogP contribution is 2.28. The quantitative estimate of drug-likeness (QED) is 0.404. The Hall–Kier alpha value is -2.77. The fraction of sp³-hybridized carbons (Fsp3) is 0.435. The molecule has 0 atom stereocenters. The largest absolute Gasteiger partial charge is 0.496 e. The molecule has 0 unspecified atom stereocenters. The average Bonchev–Trinajstić information content (AvgIpc) is 2.79. The van der Waals surface area contributed by atoms with E-state index >= 15 is 0 Å². The second kappa shape index (κ2) is 12.0. The first-order valence-electron chi connectivity index (χ1n) is 9.83. The van der Waals surface area contributed by atoms with Gasteiger partial charge in [0.15, 0.2) is 11.5 Å². The van der Waals surface area contributed by atoms with Crippen molar-refractivity contribution < 1.29 is 34.0 Å². The van der Waals surface area contributed by atoms with Crippen molar-refractivity contribution in [3.05, 3.63) is 52.6 Å². The van der Waals surface area contributed by atoms with E-state index in [4.69, 9.17) is 18.9 Å². The molecule has 7 heteroatoms. The van der Waals surface area contributed by atoms with Crippen LogP contribution in [0.15, 0.2) is 30.3 Å². The van der Waals surface area contributed by atoms with E-state index in [1.165, 1.54) is 7.11 Å². The van der Waals surface area contributed by atoms with Crippen LogP contribution in [-0.4, -0.2) is 44.1 Å². The van der Waals surface area contributed by atoms with Crippen molar-refractivity contribution in [3.63, 3.8) is 0 Å². The number of rotatable bonds is 12. The first-order chi connectivity index (χ1) is 14.6. The number of hydrogen-bond acceptors (Lipinski definition) is 7. The number of ether oxygens (including phenoxy) is 4. The summed E-state index contributed by atoms with van der Waals surface area (Å²) < 4.78 is 21.1. The van der Waals surface area contributed by atoms with Gasteiger partial charge in [0.1, 0.15) is 5.75 Å². The SMILES string of the molecule is COc1ccc(CCCOC(=O)CCc2cc(CO)c(CO)c(OC)c2)cc1OC. The van der Waals surface area contributed by atoms with Crippen LogP contribution in [0.4, 0.5) is 0 Å². The van der Waals surface area contributed by atoms with E-state index in [1.54, 1.807) is 26.4 Å². The molecule has 0 heterocycles. The Kier molecular flexibility index (Phi) is 9.44. The molecule has 2 aromatic carbocycles. The molecule has 0 aliphatic carbocycles. The highest BCUT2D eigenvalue weighted by Gasteiger charge is 2.12. The summed E-state index contributed by atoms with van der Waals surface area (Å²) in [7, 11) is 4.70. The molecular formula is C23H30O7. The molecule has 0 fully saturated rings. The number of carbonyl (C=O) groups excluding carboxylic acids is 1. The van der Waals surface area contributed by atoms with Gasteiger partial charge in [-0.1, -0.05) is 12.1 Å². The molecule has 0 saturated heterocycles. The number of esters is 1. The molecule has 2 aromatic rings. The van der Waals surface area contributed by atoms with Crippen LogP contribution in [-0.2, 0) is 35.6 Å². The Bertz CT molecular complexity index is 807. The first-order valence-corrected chi connectivity index (χ1v) is 9.83. The molecule has 2 N–H and O–H groups in total. The van der Waals surface area contributed by atoms with Crippen molar-refractivity contribution in [3.8, 4) is 17.2 Å². The van der Waals surface area contributed by atoms with Crippen LogP contribution in [0.5, 0.6) is 17.2 Å². The van der Waals surface area contributed by atoms with Crippen molar-refractivity contribution in [1.82, 2.24) is 0 Å². The summed E-state index contributed by atoms with van der Waals surface area (Å²) >= 11 is 0. The van der Waals surface area contributed by atoms with Gasteiger partial charge >= 0.3 is 5.97 Å². The fourth-order valence-electron chi connectivity index (χ4n) is 3.23. The maximum absolute atomic E-state index is 12.1. The number of benzene rings is 2. The van der Waals surface area contributed by atoms with Crippen LogP contribution >= 0.6 is 0 Å². The molecule has 0 spiro atoms. The van der Waals surface area contributed by atoms with Gasteiger partial charge in [-0.25, -0.2) is 0 Å². The molecule has 0 aliphatic heterocycles. The molecule has 0 amide bonds. The number of aryl methyl sites for hydroxylation is 2. The summed E-state index contributed by atoms with van der Waals surface area (Å²) in [6.07, 6.45) is 2.15. The van der Waals surface area contributed by atoms with Gasteiger partial charge < -0.3 is 29.2 Å². The lowest BCUT2D eigenvalue weighted by Gasteiger charge is -2.13. The van der Waals surface area contributed by atoms with E-state index in [1.807, 2.05) is 18.2 Å². The van der Waals surface area contributed by atoms with E-state index in [0.29, 0.717) is 47.8 Å². The number of methoxy groups -OCH3 is 3. The number of aliphatic hydroxyl groups excluding tert-OH is 2. The second-order valence-electron chi connectivity index (χ2n) is 6.77. The van der Waals surface area contributed by atoms with Gasteiger partial charge in [0.25, 0.3) is 0 Å². The van der Waals surface area contributed by atoms with E-state index in [-0.39, 0.29) is 25.6 Å². The first kappa shape index (κ1) is 23.5. The molecular weight excluding hydrogens is 388 g/mol. The Morgan fingerprint density at radius 1 is 0.833 bits per heavy atom. The van der Waals surface area contributed by atoms with Gasteiger partial charge in [-0.2, -0.15) is 0 Å². The van der Waals surface area contributed by atoms with Crippen molar-refractivity contribution in [2.24, 2.45) is 0 Å². The van der Waals surface area contributed by atoms with Gasteiger partial charge in [0.2, 0.25) is 0 Å². The molecule has 7 nitrogen and oxygen atoms in total. The smallest absolute Gasteiger partial charge is 0.306 e. The highest BCUT2D eigenvalue weighted by molar-refractivity contribution is 5.69. The standard InChI is InChI=1S/C23H30O7/c1-27-20-8-6-16(12-22(20)29-3)5-4-10-30-23(26)9-7-17-11-18(14-24)19(15-25)21(13-17)28-2/h6,8,11-13,24-25H,4-5,7,9-10,14-15H2,1-3H3. The van der Waals surface area contributed by atoms with Crippen molar-refractivity contribution in [2.45, 2.75) is 38.9 Å². The normalized spacial score (nSPS) is 10.6. The van der Waals surface area contributed by atoms with Gasteiger partial charge in [0, 0.05) is 12.0 Å². The van der Waals surface area contributed by atoms with Crippen molar-refractivity contribution in [2.75, 3.05) is 27.9 Å². The number of carbonyl (C=O) groups is 1. The molecule has 2 rings (SSSR count). The van der Waals surface area contributed by atoms with Gasteiger partial charge in [0.05, 0.1) is 41.2 Å². The monoisotopic (exact) mass is 418 g/mol. The Balaban J connectivity index is 1.80. The van der Waals surface area contributed by atoms with Crippen LogP contribution in [0.1, 0.15) is 35.1 Å². The van der Waals surface area contributed by atoms with E-state index in [0.717, 1.165) is 17.5 Å². The third-order valence-corrected chi connectivity index (χ3v) is 4.85. The van der Waals surface area contributed by atoms with Crippen LogP contribution in [0.25, 0.3) is 0 Å². The van der Waals surface area contributed by atoms with E-state index in [9.17, 15) is 15.0 Å². The highest BCUT2D eigenvalue weighted by atomic mass is 16.5. The lowest BCUT2D eigenvalue weighted by Crippen LogP contribution is -2.08. The molecule has 0 bridgehead atoms. The van der Waals surface area contributed by atoms with Crippen LogP contribution in [0, 0.1) is 0 Å². The molecule has 0 aliphatic rings. The minimum atomic E-state index is -0.280. The summed E-state index contributed by atoms with van der Waals surface area (Å²) in [6.45, 7) is -0.0933. The number of aliphatic hydroxyl groups is 2. The lowest BCUT2D eigenvalue weighted by atomic mass is 10.0. The summed E-state index contributed by atoms with van der Waals surface area (Å²) in [5.74, 6) is 1.58. The second-order valence-corrected chi connectivity index (χ2v) is 6.77. The maximum Gasteiger partial charge on any atom is 0.306 e. The van der Waals surface area contributed by atoms with Crippen molar-refractivity contribution in [1.29, 1.82) is 0 Å². The predicted octanol–water partition coefficient (Wildman–Crippen LogP) is 2.81. The molecule has 164 valence electrons. The number of hydrogen-bond donors (Lipinski definition) is 2. The zero-order valence-electron chi connectivity index (χ0n) is 17.8. The van der Waals surface area contributed by atoms with Crippen molar-refractivity contribution >= 4 is 5.97 Å². The third-order valence-electron chi connectivity index (χ3n) is 4.85. The summed E-state index contributed by atoms with van der Waals surface area (Å²) in [5, 5.41) is 18.9.